The Balaban J connectivity index is 0. The summed E-state index contributed by atoms with van der Waals surface area (Å²) in [6, 6.07) is 10.3. The Bertz CT molecular complexity index is 321. The van der Waals surface area contributed by atoms with Gasteiger partial charge in [0.1, 0.15) is 5.60 Å². The number of rotatable bonds is 1. The summed E-state index contributed by atoms with van der Waals surface area (Å²) in [6.07, 6.45) is 1.16. The minimum absolute atomic E-state index is 0. The Morgan fingerprint density at radius 2 is 1.71 bits per heavy atom. The van der Waals surface area contributed by atoms with Gasteiger partial charge < -0.3 is 4.74 Å². The first-order chi connectivity index (χ1) is 7.35. The molecule has 0 heterocycles. The van der Waals surface area contributed by atoms with Crippen LogP contribution in [-0.2, 0) is 9.53 Å². The first kappa shape index (κ1) is 17.8. The van der Waals surface area contributed by atoms with E-state index in [1.54, 1.807) is 0 Å². The van der Waals surface area contributed by atoms with Crippen LogP contribution in [0.1, 0.15) is 33.8 Å². The highest BCUT2D eigenvalue weighted by molar-refractivity contribution is 5.81. The molecule has 0 aliphatic rings. The third-order valence-electron chi connectivity index (χ3n) is 1.51. The Morgan fingerprint density at radius 1 is 1.24 bits per heavy atom. The fourth-order valence-electron chi connectivity index (χ4n) is 0.878. The molecule has 96 valence electrons. The van der Waals surface area contributed by atoms with Gasteiger partial charge in [-0.05, 0) is 27.7 Å². The molecule has 0 bridgehead atoms. The van der Waals surface area contributed by atoms with Gasteiger partial charge in [0.15, 0.2) is 0 Å². The highest BCUT2D eigenvalue weighted by atomic mass is 16.6. The van der Waals surface area contributed by atoms with E-state index in [-0.39, 0.29) is 13.4 Å². The molecule has 1 aromatic carbocycles. The highest BCUT2D eigenvalue weighted by Crippen LogP contribution is 2.06. The molecule has 0 radical (unpaired) electrons. The average molecular weight is 236 g/mol. The maximum Gasteiger partial charge on any atom is 0.330 e. The van der Waals surface area contributed by atoms with Gasteiger partial charge in [-0.1, -0.05) is 49.9 Å². The number of ether oxygens (including phenoxy) is 1. The van der Waals surface area contributed by atoms with Crippen LogP contribution in [0, 0.1) is 6.92 Å². The highest BCUT2D eigenvalue weighted by Gasteiger charge is 2.12. The minimum atomic E-state index is -0.398. The van der Waals surface area contributed by atoms with Gasteiger partial charge in [0.25, 0.3) is 0 Å². The smallest absolute Gasteiger partial charge is 0.330 e. The zero-order valence-corrected chi connectivity index (χ0v) is 10.5. The largest absolute Gasteiger partial charge is 0.457 e. The molecule has 0 unspecified atom stereocenters. The molecular formula is C15H24O2. The van der Waals surface area contributed by atoms with Crippen molar-refractivity contribution < 1.29 is 9.53 Å². The maximum absolute atomic E-state index is 10.5. The first-order valence-corrected chi connectivity index (χ1v) is 5.22. The van der Waals surface area contributed by atoms with Gasteiger partial charge >= 0.3 is 5.97 Å². The van der Waals surface area contributed by atoms with Gasteiger partial charge in [-0.3, -0.25) is 0 Å². The summed E-state index contributed by atoms with van der Waals surface area (Å²) < 4.78 is 4.83. The van der Waals surface area contributed by atoms with Gasteiger partial charge in [0, 0.05) is 6.08 Å². The standard InChI is InChI=1S/C7H12O2.C7H8.CH4/c1-5-6(8)9-7(2,3)4;1-7-5-3-2-4-6-7;/h5H,1H2,2-4H3;2-6H,1H3;1H4. The summed E-state index contributed by atoms with van der Waals surface area (Å²) in [7, 11) is 0. The summed E-state index contributed by atoms with van der Waals surface area (Å²) in [6.45, 7) is 10.8. The van der Waals surface area contributed by atoms with Crippen molar-refractivity contribution in [1.29, 1.82) is 0 Å². The van der Waals surface area contributed by atoms with Crippen molar-refractivity contribution in [3.05, 3.63) is 48.6 Å². The van der Waals surface area contributed by atoms with E-state index in [0.29, 0.717) is 0 Å². The lowest BCUT2D eigenvalue weighted by Crippen LogP contribution is -2.22. The Hall–Kier alpha value is -1.57. The van der Waals surface area contributed by atoms with E-state index in [0.717, 1.165) is 6.08 Å². The first-order valence-electron chi connectivity index (χ1n) is 5.22. The van der Waals surface area contributed by atoms with Crippen LogP contribution in [0.3, 0.4) is 0 Å². The summed E-state index contributed by atoms with van der Waals surface area (Å²) in [5, 5.41) is 0. The third kappa shape index (κ3) is 12.4. The summed E-state index contributed by atoms with van der Waals surface area (Å²) in [5.74, 6) is -0.373. The lowest BCUT2D eigenvalue weighted by molar-refractivity contribution is -0.148. The van der Waals surface area contributed by atoms with Crippen LogP contribution in [0.4, 0.5) is 0 Å². The van der Waals surface area contributed by atoms with Crippen molar-refractivity contribution in [2.75, 3.05) is 0 Å². The summed E-state index contributed by atoms with van der Waals surface area (Å²) in [5.41, 5.74) is 0.924. The number of benzene rings is 1. The molecule has 0 atom stereocenters. The predicted octanol–water partition coefficient (Wildman–Crippen LogP) is 4.15. The lowest BCUT2D eigenvalue weighted by atomic mass is 10.2. The van der Waals surface area contributed by atoms with E-state index in [4.69, 9.17) is 4.74 Å². The molecule has 0 aliphatic heterocycles. The predicted molar refractivity (Wildman–Crippen MR) is 74.0 cm³/mol. The molecule has 2 heteroatoms. The van der Waals surface area contributed by atoms with Gasteiger partial charge in [0.05, 0.1) is 0 Å². The van der Waals surface area contributed by atoms with Crippen molar-refractivity contribution in [3.8, 4) is 0 Å². The Morgan fingerprint density at radius 3 is 1.88 bits per heavy atom. The quantitative estimate of drug-likeness (QED) is 0.541. The number of hydrogen-bond donors (Lipinski definition) is 0. The second-order valence-corrected chi connectivity index (χ2v) is 4.39. The topological polar surface area (TPSA) is 26.3 Å². The second-order valence-electron chi connectivity index (χ2n) is 4.39. The second kappa shape index (κ2) is 8.57. The SMILES string of the molecule is C.C=CC(=O)OC(C)(C)C.Cc1ccccc1. The van der Waals surface area contributed by atoms with Crippen LogP contribution in [0.5, 0.6) is 0 Å². The number of aryl methyl sites for hydroxylation is 1. The monoisotopic (exact) mass is 236 g/mol. The summed E-state index contributed by atoms with van der Waals surface area (Å²) in [4.78, 5) is 10.5. The fourth-order valence-corrected chi connectivity index (χ4v) is 0.878. The maximum atomic E-state index is 10.5. The van der Waals surface area contributed by atoms with Crippen molar-refractivity contribution in [2.24, 2.45) is 0 Å². The van der Waals surface area contributed by atoms with Crippen LogP contribution in [0.2, 0.25) is 0 Å². The van der Waals surface area contributed by atoms with Crippen molar-refractivity contribution in [2.45, 2.75) is 40.7 Å². The Labute approximate surface area is 105 Å². The zero-order chi connectivity index (χ0) is 12.6. The number of carbonyl (C=O) groups excluding carboxylic acids is 1. The molecule has 1 rings (SSSR count). The summed E-state index contributed by atoms with van der Waals surface area (Å²) >= 11 is 0. The molecule has 0 aromatic heterocycles. The van der Waals surface area contributed by atoms with Crippen LogP contribution in [0.25, 0.3) is 0 Å². The van der Waals surface area contributed by atoms with Crippen molar-refractivity contribution >= 4 is 5.97 Å². The molecule has 0 amide bonds. The Kier molecular flexibility index (Phi) is 8.98. The number of esters is 1. The number of carbonyl (C=O) groups is 1. The van der Waals surface area contributed by atoms with Crippen LogP contribution in [-0.4, -0.2) is 11.6 Å². The van der Waals surface area contributed by atoms with Crippen LogP contribution >= 0.6 is 0 Å². The molecule has 0 aliphatic carbocycles. The van der Waals surface area contributed by atoms with E-state index in [2.05, 4.69) is 25.6 Å². The van der Waals surface area contributed by atoms with Crippen LogP contribution < -0.4 is 0 Å². The third-order valence-corrected chi connectivity index (χ3v) is 1.51. The molecule has 0 fully saturated rings. The minimum Gasteiger partial charge on any atom is -0.457 e. The molecular weight excluding hydrogens is 212 g/mol. The molecule has 0 N–H and O–H groups in total. The molecule has 17 heavy (non-hydrogen) atoms. The molecule has 0 saturated heterocycles. The van der Waals surface area contributed by atoms with Gasteiger partial charge in [0.2, 0.25) is 0 Å². The average Bonchev–Trinajstić information content (AvgIpc) is 2.17. The van der Waals surface area contributed by atoms with E-state index < -0.39 is 5.60 Å². The van der Waals surface area contributed by atoms with E-state index in [1.165, 1.54) is 5.56 Å². The van der Waals surface area contributed by atoms with Gasteiger partial charge in [-0.25, -0.2) is 4.79 Å². The van der Waals surface area contributed by atoms with Crippen molar-refractivity contribution in [3.63, 3.8) is 0 Å². The van der Waals surface area contributed by atoms with E-state index in [1.807, 2.05) is 39.0 Å². The van der Waals surface area contributed by atoms with E-state index >= 15 is 0 Å². The number of hydrogen-bond acceptors (Lipinski definition) is 2. The van der Waals surface area contributed by atoms with Gasteiger partial charge in [-0.2, -0.15) is 0 Å². The fraction of sp³-hybridized carbons (Fsp3) is 0.400. The van der Waals surface area contributed by atoms with Crippen LogP contribution in [0.15, 0.2) is 43.0 Å². The van der Waals surface area contributed by atoms with Crippen molar-refractivity contribution in [1.82, 2.24) is 0 Å². The molecule has 2 nitrogen and oxygen atoms in total. The van der Waals surface area contributed by atoms with Gasteiger partial charge in [-0.15, -0.1) is 0 Å². The zero-order valence-electron chi connectivity index (χ0n) is 10.5. The lowest BCUT2D eigenvalue weighted by Gasteiger charge is -2.17. The van der Waals surface area contributed by atoms with E-state index in [9.17, 15) is 4.79 Å². The molecule has 0 spiro atoms. The normalized spacial score (nSPS) is 9.18. The molecule has 1 aromatic rings. The molecule has 0 saturated carbocycles.